The molecule has 1 fully saturated rings. The van der Waals surface area contributed by atoms with E-state index < -0.39 is 18.2 Å². The quantitative estimate of drug-likeness (QED) is 0.451. The van der Waals surface area contributed by atoms with Gasteiger partial charge in [0.25, 0.3) is 0 Å². The Hall–Kier alpha value is -1.64. The number of amides is 2. The average Bonchev–Trinajstić information content (AvgIpc) is 2.68. The molecule has 0 saturated carbocycles. The van der Waals surface area contributed by atoms with Crippen LogP contribution in [0.5, 0.6) is 0 Å². The van der Waals surface area contributed by atoms with Crippen LogP contribution >= 0.6 is 0 Å². The van der Waals surface area contributed by atoms with E-state index in [4.69, 9.17) is 4.74 Å². The maximum absolute atomic E-state index is 11.8. The second-order valence-electron chi connectivity index (χ2n) is 4.81. The molecule has 2 heterocycles. The van der Waals surface area contributed by atoms with Crippen molar-refractivity contribution in [3.05, 3.63) is 11.3 Å². The van der Waals surface area contributed by atoms with Crippen LogP contribution in [0.2, 0.25) is 0 Å². The van der Waals surface area contributed by atoms with Crippen LogP contribution in [0.1, 0.15) is 6.92 Å². The minimum absolute atomic E-state index is 0.110. The third-order valence-corrected chi connectivity index (χ3v) is 3.29. The van der Waals surface area contributed by atoms with Crippen molar-refractivity contribution in [3.63, 3.8) is 0 Å². The second kappa shape index (κ2) is 6.21. The molecule has 112 valence electrons. The van der Waals surface area contributed by atoms with Crippen LogP contribution in [0.25, 0.3) is 0 Å². The number of nitrogens with zero attached hydrogens (tertiary/aromatic N) is 1. The standard InChI is InChI=1S/C12H19N3O5/c1-2-20-11(18)7-3-13-12(19)14-8(7)4-15-5-9(16)10(17)6-15/h9-10,16-17H,2-6H2,1H3,(H2,13,14,19). The first-order valence-electron chi connectivity index (χ1n) is 6.53. The molecule has 0 bridgehead atoms. The van der Waals surface area contributed by atoms with Gasteiger partial charge in [-0.2, -0.15) is 0 Å². The van der Waals surface area contributed by atoms with Crippen LogP contribution in [0.15, 0.2) is 11.3 Å². The van der Waals surface area contributed by atoms with E-state index in [9.17, 15) is 19.8 Å². The molecule has 1 saturated heterocycles. The normalized spacial score (nSPS) is 27.2. The smallest absolute Gasteiger partial charge is 0.337 e. The predicted molar refractivity (Wildman–Crippen MR) is 68.6 cm³/mol. The Morgan fingerprint density at radius 1 is 1.40 bits per heavy atom. The molecule has 2 atom stereocenters. The molecule has 2 aliphatic rings. The van der Waals surface area contributed by atoms with Gasteiger partial charge in [0.15, 0.2) is 0 Å². The summed E-state index contributed by atoms with van der Waals surface area (Å²) in [5, 5.41) is 24.1. The van der Waals surface area contributed by atoms with Crippen LogP contribution < -0.4 is 10.6 Å². The van der Waals surface area contributed by atoms with E-state index in [2.05, 4.69) is 10.6 Å². The summed E-state index contributed by atoms with van der Waals surface area (Å²) >= 11 is 0. The van der Waals surface area contributed by atoms with Gasteiger partial charge in [-0.25, -0.2) is 9.59 Å². The van der Waals surface area contributed by atoms with E-state index in [0.29, 0.717) is 24.4 Å². The number of hydrogen-bond donors (Lipinski definition) is 4. The number of aliphatic hydroxyl groups excluding tert-OH is 2. The monoisotopic (exact) mass is 285 g/mol. The summed E-state index contributed by atoms with van der Waals surface area (Å²) < 4.78 is 4.95. The van der Waals surface area contributed by atoms with E-state index in [1.54, 1.807) is 11.8 Å². The molecule has 8 nitrogen and oxygen atoms in total. The average molecular weight is 285 g/mol. The number of rotatable bonds is 4. The predicted octanol–water partition coefficient (Wildman–Crippen LogP) is -1.85. The maximum Gasteiger partial charge on any atom is 0.337 e. The van der Waals surface area contributed by atoms with E-state index in [1.807, 2.05) is 0 Å². The van der Waals surface area contributed by atoms with Crippen molar-refractivity contribution < 1.29 is 24.5 Å². The topological polar surface area (TPSA) is 111 Å². The van der Waals surface area contributed by atoms with Gasteiger partial charge in [-0.05, 0) is 6.92 Å². The minimum atomic E-state index is -0.806. The lowest BCUT2D eigenvalue weighted by Gasteiger charge is -2.24. The van der Waals surface area contributed by atoms with Crippen LogP contribution in [0.3, 0.4) is 0 Å². The minimum Gasteiger partial charge on any atom is -0.463 e. The summed E-state index contributed by atoms with van der Waals surface area (Å²) in [5.41, 5.74) is 0.816. The van der Waals surface area contributed by atoms with Crippen LogP contribution in [0, 0.1) is 0 Å². The molecule has 2 amide bonds. The molecular formula is C12H19N3O5. The zero-order chi connectivity index (χ0) is 14.7. The highest BCUT2D eigenvalue weighted by Gasteiger charge is 2.32. The Morgan fingerprint density at radius 2 is 2.05 bits per heavy atom. The highest BCUT2D eigenvalue weighted by molar-refractivity contribution is 5.93. The number of carbonyl (C=O) groups excluding carboxylic acids is 2. The fourth-order valence-corrected chi connectivity index (χ4v) is 2.28. The first-order chi connectivity index (χ1) is 9.51. The molecule has 0 aromatic carbocycles. The van der Waals surface area contributed by atoms with Crippen molar-refractivity contribution >= 4 is 12.0 Å². The number of aliphatic hydroxyl groups is 2. The Kier molecular flexibility index (Phi) is 4.58. The van der Waals surface area contributed by atoms with Crippen LogP contribution in [-0.2, 0) is 9.53 Å². The van der Waals surface area contributed by atoms with Gasteiger partial charge in [0.1, 0.15) is 0 Å². The molecule has 8 heteroatoms. The van der Waals surface area contributed by atoms with Crippen LogP contribution in [0.4, 0.5) is 4.79 Å². The number of nitrogens with one attached hydrogen (secondary N) is 2. The Morgan fingerprint density at radius 3 is 2.65 bits per heavy atom. The number of esters is 1. The van der Waals surface area contributed by atoms with Gasteiger partial charge >= 0.3 is 12.0 Å². The molecule has 0 radical (unpaired) electrons. The summed E-state index contributed by atoms with van der Waals surface area (Å²) in [7, 11) is 0. The van der Waals surface area contributed by atoms with Gasteiger partial charge in [0, 0.05) is 25.3 Å². The SMILES string of the molecule is CCOC(=O)C1=C(CN2CC(O)C(O)C2)NC(=O)NC1. The lowest BCUT2D eigenvalue weighted by atomic mass is 10.1. The zero-order valence-corrected chi connectivity index (χ0v) is 11.3. The number of urea groups is 1. The Labute approximate surface area is 116 Å². The third kappa shape index (κ3) is 3.27. The Bertz CT molecular complexity index is 427. The molecule has 0 aliphatic carbocycles. The molecular weight excluding hydrogens is 266 g/mol. The fourth-order valence-electron chi connectivity index (χ4n) is 2.28. The molecule has 2 rings (SSSR count). The van der Waals surface area contributed by atoms with E-state index in [1.165, 1.54) is 0 Å². The van der Waals surface area contributed by atoms with Crippen molar-refractivity contribution in [3.8, 4) is 0 Å². The van der Waals surface area contributed by atoms with Gasteiger partial charge in [0.2, 0.25) is 0 Å². The summed E-state index contributed by atoms with van der Waals surface area (Å²) in [4.78, 5) is 25.0. The van der Waals surface area contributed by atoms with Crippen molar-refractivity contribution in [1.29, 1.82) is 0 Å². The van der Waals surface area contributed by atoms with Crippen molar-refractivity contribution in [2.24, 2.45) is 0 Å². The van der Waals surface area contributed by atoms with Gasteiger partial charge in [-0.1, -0.05) is 0 Å². The maximum atomic E-state index is 11.8. The Balaban J connectivity index is 2.11. The van der Waals surface area contributed by atoms with Gasteiger partial charge < -0.3 is 25.6 Å². The number of likely N-dealkylation sites (tertiary alicyclic amines) is 1. The summed E-state index contributed by atoms with van der Waals surface area (Å²) in [6.45, 7) is 2.94. The summed E-state index contributed by atoms with van der Waals surface area (Å²) in [5.74, 6) is -0.477. The van der Waals surface area contributed by atoms with Gasteiger partial charge in [-0.15, -0.1) is 0 Å². The van der Waals surface area contributed by atoms with Gasteiger partial charge in [0.05, 0.1) is 30.9 Å². The zero-order valence-electron chi connectivity index (χ0n) is 11.3. The summed E-state index contributed by atoms with van der Waals surface area (Å²) in [6.07, 6.45) is -1.61. The fraction of sp³-hybridized carbons (Fsp3) is 0.667. The highest BCUT2D eigenvalue weighted by Crippen LogP contribution is 2.15. The molecule has 20 heavy (non-hydrogen) atoms. The van der Waals surface area contributed by atoms with E-state index in [0.717, 1.165) is 0 Å². The first-order valence-corrected chi connectivity index (χ1v) is 6.53. The lowest BCUT2D eigenvalue weighted by Crippen LogP contribution is -2.46. The molecule has 2 unspecified atom stereocenters. The van der Waals surface area contributed by atoms with Crippen molar-refractivity contribution in [2.75, 3.05) is 32.8 Å². The molecule has 4 N–H and O–H groups in total. The number of ether oxygens (including phenoxy) is 1. The van der Waals surface area contributed by atoms with Crippen molar-refractivity contribution in [1.82, 2.24) is 15.5 Å². The largest absolute Gasteiger partial charge is 0.463 e. The second-order valence-corrected chi connectivity index (χ2v) is 4.81. The lowest BCUT2D eigenvalue weighted by molar-refractivity contribution is -0.138. The number of carbonyl (C=O) groups is 2. The highest BCUT2D eigenvalue weighted by atomic mass is 16.5. The van der Waals surface area contributed by atoms with E-state index >= 15 is 0 Å². The van der Waals surface area contributed by atoms with Crippen LogP contribution in [-0.4, -0.2) is 72.1 Å². The molecule has 0 aromatic heterocycles. The number of hydrogen-bond acceptors (Lipinski definition) is 6. The molecule has 2 aliphatic heterocycles. The van der Waals surface area contributed by atoms with E-state index in [-0.39, 0.29) is 25.7 Å². The third-order valence-electron chi connectivity index (χ3n) is 3.29. The molecule has 0 aromatic rings. The molecule has 0 spiro atoms. The first kappa shape index (κ1) is 14.8. The summed E-state index contributed by atoms with van der Waals surface area (Å²) in [6, 6.07) is -0.381. The van der Waals surface area contributed by atoms with Crippen molar-refractivity contribution in [2.45, 2.75) is 19.1 Å². The van der Waals surface area contributed by atoms with Gasteiger partial charge in [-0.3, -0.25) is 4.90 Å². The number of β-amino-alcohol motifs (C(OH)–C–C–N with tert-alkyl or cyclic N) is 2.